The number of hydrogen-bond acceptors (Lipinski definition) is 2. The predicted octanol–water partition coefficient (Wildman–Crippen LogP) is 2.10. The van der Waals surface area contributed by atoms with Crippen LogP contribution in [0.3, 0.4) is 0 Å². The van der Waals surface area contributed by atoms with E-state index in [2.05, 4.69) is 26.6 Å². The van der Waals surface area contributed by atoms with Gasteiger partial charge in [-0.2, -0.15) is 0 Å². The smallest absolute Gasteiger partial charge is 0.251 e. The summed E-state index contributed by atoms with van der Waals surface area (Å²) in [6.45, 7) is 3.55. The molecular weight excluding hydrogens is 268 g/mol. The van der Waals surface area contributed by atoms with Gasteiger partial charge in [0.15, 0.2) is 0 Å². The van der Waals surface area contributed by atoms with Gasteiger partial charge in [-0.1, -0.05) is 22.0 Å². The van der Waals surface area contributed by atoms with Crippen LogP contribution in [-0.2, 0) is 0 Å². The first-order valence-corrected chi connectivity index (χ1v) is 6.14. The first-order chi connectivity index (χ1) is 7.66. The average molecular weight is 285 g/mol. The molecule has 4 heteroatoms. The van der Waals surface area contributed by atoms with Gasteiger partial charge in [-0.3, -0.25) is 4.79 Å². The molecule has 1 amide bonds. The quantitative estimate of drug-likeness (QED) is 0.813. The minimum Gasteiger partial charge on any atom is -0.352 e. The van der Waals surface area contributed by atoms with Crippen molar-refractivity contribution in [3.63, 3.8) is 0 Å². The number of benzene rings is 1. The summed E-state index contributed by atoms with van der Waals surface area (Å²) >= 11 is 3.42. The Bertz CT molecular complexity index is 366. The van der Waals surface area contributed by atoms with E-state index in [1.54, 1.807) is 0 Å². The van der Waals surface area contributed by atoms with E-state index in [-0.39, 0.29) is 5.91 Å². The van der Waals surface area contributed by atoms with Gasteiger partial charge in [0.25, 0.3) is 5.91 Å². The molecule has 3 nitrogen and oxygen atoms in total. The fourth-order valence-electron chi connectivity index (χ4n) is 1.42. The zero-order chi connectivity index (χ0) is 12.0. The molecule has 0 aliphatic rings. The van der Waals surface area contributed by atoms with Crippen molar-refractivity contribution in [2.45, 2.75) is 13.3 Å². The summed E-state index contributed by atoms with van der Waals surface area (Å²) in [6.07, 6.45) is 0.940. The summed E-state index contributed by atoms with van der Waals surface area (Å²) in [6, 6.07) is 5.65. The van der Waals surface area contributed by atoms with Gasteiger partial charge >= 0.3 is 0 Å². The molecule has 88 valence electrons. The van der Waals surface area contributed by atoms with E-state index < -0.39 is 0 Å². The highest BCUT2D eigenvalue weighted by Crippen LogP contribution is 2.19. The Hall–Kier alpha value is -0.870. The van der Waals surface area contributed by atoms with Gasteiger partial charge in [-0.25, -0.2) is 0 Å². The maximum atomic E-state index is 11.8. The lowest BCUT2D eigenvalue weighted by Crippen LogP contribution is -2.27. The van der Waals surface area contributed by atoms with E-state index in [0.717, 1.165) is 28.6 Å². The first-order valence-electron chi connectivity index (χ1n) is 5.34. The van der Waals surface area contributed by atoms with E-state index in [1.165, 1.54) is 0 Å². The fourth-order valence-corrected chi connectivity index (χ4v) is 1.78. The Kier molecular flexibility index (Phi) is 5.49. The topological polar surface area (TPSA) is 41.1 Å². The number of halogens is 1. The molecule has 0 atom stereocenters. The number of nitrogens with one attached hydrogen (secondary N) is 2. The van der Waals surface area contributed by atoms with E-state index in [1.807, 2.05) is 32.2 Å². The lowest BCUT2D eigenvalue weighted by Gasteiger charge is -2.08. The molecule has 0 spiro atoms. The summed E-state index contributed by atoms with van der Waals surface area (Å²) in [5, 5.41) is 5.94. The minimum absolute atomic E-state index is 0.00472. The van der Waals surface area contributed by atoms with Crippen molar-refractivity contribution in [2.24, 2.45) is 0 Å². The Balaban J connectivity index is 2.56. The number of amides is 1. The summed E-state index contributed by atoms with van der Waals surface area (Å²) < 4.78 is 0.968. The summed E-state index contributed by atoms with van der Waals surface area (Å²) in [7, 11) is 1.90. The van der Waals surface area contributed by atoms with Crippen LogP contribution in [0, 0.1) is 6.92 Å². The van der Waals surface area contributed by atoms with Crippen molar-refractivity contribution in [2.75, 3.05) is 20.1 Å². The van der Waals surface area contributed by atoms with Gasteiger partial charge in [-0.15, -0.1) is 0 Å². The fraction of sp³-hybridized carbons (Fsp3) is 0.417. The molecule has 0 aliphatic carbocycles. The van der Waals surface area contributed by atoms with Crippen molar-refractivity contribution in [3.8, 4) is 0 Å². The van der Waals surface area contributed by atoms with Gasteiger partial charge in [0, 0.05) is 16.6 Å². The second kappa shape index (κ2) is 6.66. The number of hydrogen-bond donors (Lipinski definition) is 2. The molecule has 2 N–H and O–H groups in total. The van der Waals surface area contributed by atoms with Crippen LogP contribution < -0.4 is 10.6 Å². The molecule has 16 heavy (non-hydrogen) atoms. The van der Waals surface area contributed by atoms with Crippen molar-refractivity contribution >= 4 is 21.8 Å². The standard InChI is InChI=1S/C12H17BrN2O/c1-9-10(5-3-6-11(9)13)12(16)15-8-4-7-14-2/h3,5-6,14H,4,7-8H2,1-2H3,(H,15,16). The summed E-state index contributed by atoms with van der Waals surface area (Å²) in [5.41, 5.74) is 1.72. The summed E-state index contributed by atoms with van der Waals surface area (Å²) in [5.74, 6) is -0.00472. The van der Waals surface area contributed by atoms with Crippen LogP contribution in [0.2, 0.25) is 0 Å². The molecular formula is C12H17BrN2O. The number of carbonyl (C=O) groups is 1. The lowest BCUT2D eigenvalue weighted by molar-refractivity contribution is 0.0952. The molecule has 0 saturated heterocycles. The first kappa shape index (κ1) is 13.2. The maximum Gasteiger partial charge on any atom is 0.251 e. The SMILES string of the molecule is CNCCCNC(=O)c1cccc(Br)c1C. The lowest BCUT2D eigenvalue weighted by atomic mass is 10.1. The van der Waals surface area contributed by atoms with Gasteiger partial charge in [0.2, 0.25) is 0 Å². The van der Waals surface area contributed by atoms with E-state index >= 15 is 0 Å². The number of rotatable bonds is 5. The molecule has 0 radical (unpaired) electrons. The molecule has 0 bridgehead atoms. The van der Waals surface area contributed by atoms with Crippen molar-refractivity contribution < 1.29 is 4.79 Å². The molecule has 1 aromatic rings. The largest absolute Gasteiger partial charge is 0.352 e. The third kappa shape index (κ3) is 3.61. The Labute approximate surface area is 105 Å². The zero-order valence-corrected chi connectivity index (χ0v) is 11.2. The molecule has 0 heterocycles. The third-order valence-corrected chi connectivity index (χ3v) is 3.26. The van der Waals surface area contributed by atoms with Crippen molar-refractivity contribution in [3.05, 3.63) is 33.8 Å². The van der Waals surface area contributed by atoms with Crippen LogP contribution in [-0.4, -0.2) is 26.0 Å². The van der Waals surface area contributed by atoms with Crippen molar-refractivity contribution in [1.82, 2.24) is 10.6 Å². The average Bonchev–Trinajstić information content (AvgIpc) is 2.28. The Morgan fingerprint density at radius 3 is 2.81 bits per heavy atom. The van der Waals surface area contributed by atoms with Gasteiger partial charge in [-0.05, 0) is 44.6 Å². The third-order valence-electron chi connectivity index (χ3n) is 2.40. The Morgan fingerprint density at radius 2 is 2.12 bits per heavy atom. The van der Waals surface area contributed by atoms with Crippen LogP contribution in [0.1, 0.15) is 22.3 Å². The molecule has 0 aromatic heterocycles. The summed E-state index contributed by atoms with van der Waals surface area (Å²) in [4.78, 5) is 11.8. The van der Waals surface area contributed by atoms with Crippen molar-refractivity contribution in [1.29, 1.82) is 0 Å². The molecule has 1 aromatic carbocycles. The monoisotopic (exact) mass is 284 g/mol. The predicted molar refractivity (Wildman–Crippen MR) is 69.8 cm³/mol. The molecule has 0 fully saturated rings. The van der Waals surface area contributed by atoms with Crippen LogP contribution >= 0.6 is 15.9 Å². The highest BCUT2D eigenvalue weighted by Gasteiger charge is 2.09. The Morgan fingerprint density at radius 1 is 1.38 bits per heavy atom. The minimum atomic E-state index is -0.00472. The van der Waals surface area contributed by atoms with E-state index in [4.69, 9.17) is 0 Å². The number of carbonyl (C=O) groups excluding carboxylic acids is 1. The molecule has 0 unspecified atom stereocenters. The van der Waals surface area contributed by atoms with E-state index in [9.17, 15) is 4.79 Å². The highest BCUT2D eigenvalue weighted by atomic mass is 79.9. The second-order valence-corrected chi connectivity index (χ2v) is 4.48. The van der Waals surface area contributed by atoms with Crippen LogP contribution in [0.4, 0.5) is 0 Å². The van der Waals surface area contributed by atoms with Gasteiger partial charge < -0.3 is 10.6 Å². The van der Waals surface area contributed by atoms with Crippen LogP contribution in [0.25, 0.3) is 0 Å². The molecule has 1 rings (SSSR count). The van der Waals surface area contributed by atoms with Gasteiger partial charge in [0.1, 0.15) is 0 Å². The zero-order valence-electron chi connectivity index (χ0n) is 9.64. The van der Waals surface area contributed by atoms with E-state index in [0.29, 0.717) is 6.54 Å². The highest BCUT2D eigenvalue weighted by molar-refractivity contribution is 9.10. The maximum absolute atomic E-state index is 11.8. The second-order valence-electron chi connectivity index (χ2n) is 3.63. The normalized spacial score (nSPS) is 10.2. The van der Waals surface area contributed by atoms with Crippen LogP contribution in [0.15, 0.2) is 22.7 Å². The van der Waals surface area contributed by atoms with Gasteiger partial charge in [0.05, 0.1) is 0 Å². The molecule has 0 saturated carbocycles. The molecule has 0 aliphatic heterocycles. The van der Waals surface area contributed by atoms with Crippen LogP contribution in [0.5, 0.6) is 0 Å².